The van der Waals surface area contributed by atoms with E-state index in [9.17, 15) is 18.0 Å². The first-order valence-corrected chi connectivity index (χ1v) is 9.03. The molecule has 8 nitrogen and oxygen atoms in total. The molecule has 1 aromatic heterocycles. The standard InChI is InChI=1S/C17H22N2O6S/c1-17(2,3)25-16(21)11-19(26(22)23)13-5-6-14-12(9-13)7-8-18(14)10-15(20)24-4/h5-9,26H,10-11H2,1-4H3. The van der Waals surface area contributed by atoms with E-state index in [2.05, 4.69) is 4.74 Å². The maximum absolute atomic E-state index is 12.0. The molecule has 0 fully saturated rings. The number of methoxy groups -OCH3 is 1. The number of aromatic nitrogens is 1. The van der Waals surface area contributed by atoms with Gasteiger partial charge in [-0.2, -0.15) is 0 Å². The van der Waals surface area contributed by atoms with Crippen molar-refractivity contribution in [3.63, 3.8) is 0 Å². The van der Waals surface area contributed by atoms with Gasteiger partial charge in [0.2, 0.25) is 10.9 Å². The molecular weight excluding hydrogens is 360 g/mol. The van der Waals surface area contributed by atoms with Crippen molar-refractivity contribution in [2.75, 3.05) is 18.0 Å². The van der Waals surface area contributed by atoms with Crippen molar-refractivity contribution in [3.05, 3.63) is 30.5 Å². The summed E-state index contributed by atoms with van der Waals surface area (Å²) >= 11 is 0. The van der Waals surface area contributed by atoms with Gasteiger partial charge in [0, 0.05) is 17.1 Å². The van der Waals surface area contributed by atoms with Crippen LogP contribution in [0.15, 0.2) is 30.5 Å². The Morgan fingerprint density at radius 3 is 2.42 bits per heavy atom. The minimum atomic E-state index is -3.03. The third-order valence-electron chi connectivity index (χ3n) is 3.48. The second kappa shape index (κ2) is 7.77. The lowest BCUT2D eigenvalue weighted by atomic mass is 10.2. The fourth-order valence-electron chi connectivity index (χ4n) is 2.43. The van der Waals surface area contributed by atoms with E-state index in [0.29, 0.717) is 5.69 Å². The van der Waals surface area contributed by atoms with Gasteiger partial charge in [0.25, 0.3) is 0 Å². The van der Waals surface area contributed by atoms with Gasteiger partial charge in [-0.3, -0.25) is 13.9 Å². The van der Waals surface area contributed by atoms with E-state index in [-0.39, 0.29) is 12.5 Å². The Kier molecular flexibility index (Phi) is 5.91. The molecule has 0 bridgehead atoms. The first-order valence-electron chi connectivity index (χ1n) is 7.90. The number of carbonyl (C=O) groups is 2. The fourth-order valence-corrected chi connectivity index (χ4v) is 2.97. The summed E-state index contributed by atoms with van der Waals surface area (Å²) in [6, 6.07) is 6.66. The lowest BCUT2D eigenvalue weighted by Crippen LogP contribution is -2.34. The zero-order valence-electron chi connectivity index (χ0n) is 15.1. The highest BCUT2D eigenvalue weighted by atomic mass is 32.2. The Hall–Kier alpha value is -2.55. The van der Waals surface area contributed by atoms with Crippen LogP contribution in [0.2, 0.25) is 0 Å². The molecule has 0 atom stereocenters. The summed E-state index contributed by atoms with van der Waals surface area (Å²) in [5, 5.41) is 0.734. The van der Waals surface area contributed by atoms with Crippen LogP contribution in [0.4, 0.5) is 5.69 Å². The second-order valence-electron chi connectivity index (χ2n) is 6.64. The molecule has 1 heterocycles. The number of nitrogens with zero attached hydrogens (tertiary/aromatic N) is 2. The topological polar surface area (TPSA) is 94.9 Å². The zero-order chi connectivity index (χ0) is 19.5. The molecule has 0 amide bonds. The van der Waals surface area contributed by atoms with E-state index in [1.807, 2.05) is 0 Å². The average molecular weight is 382 g/mol. The highest BCUT2D eigenvalue weighted by Crippen LogP contribution is 2.24. The molecule has 2 rings (SSSR count). The van der Waals surface area contributed by atoms with Gasteiger partial charge >= 0.3 is 11.9 Å². The van der Waals surface area contributed by atoms with Crippen molar-refractivity contribution in [1.82, 2.24) is 4.57 Å². The highest BCUT2D eigenvalue weighted by Gasteiger charge is 2.21. The predicted octanol–water partition coefficient (Wildman–Crippen LogP) is 1.49. The predicted molar refractivity (Wildman–Crippen MR) is 97.5 cm³/mol. The van der Waals surface area contributed by atoms with Crippen LogP contribution >= 0.6 is 0 Å². The van der Waals surface area contributed by atoms with Gasteiger partial charge in [0.15, 0.2) is 0 Å². The number of hydrogen-bond donors (Lipinski definition) is 1. The quantitative estimate of drug-likeness (QED) is 0.601. The summed E-state index contributed by atoms with van der Waals surface area (Å²) < 4.78 is 35.7. The van der Waals surface area contributed by atoms with Crippen molar-refractivity contribution in [2.45, 2.75) is 32.9 Å². The largest absolute Gasteiger partial charge is 0.468 e. The van der Waals surface area contributed by atoms with E-state index in [1.54, 1.807) is 55.8 Å². The van der Waals surface area contributed by atoms with Crippen molar-refractivity contribution in [3.8, 4) is 0 Å². The minimum absolute atomic E-state index is 0.0524. The molecule has 0 saturated carbocycles. The Balaban J connectivity index is 2.28. The van der Waals surface area contributed by atoms with Crippen molar-refractivity contribution in [1.29, 1.82) is 0 Å². The van der Waals surface area contributed by atoms with Gasteiger partial charge < -0.3 is 14.0 Å². The lowest BCUT2D eigenvalue weighted by Gasteiger charge is -2.22. The first-order chi connectivity index (χ1) is 12.1. The monoisotopic (exact) mass is 382 g/mol. The number of benzene rings is 1. The van der Waals surface area contributed by atoms with E-state index < -0.39 is 29.0 Å². The molecule has 0 spiro atoms. The van der Waals surface area contributed by atoms with Crippen LogP contribution in [-0.4, -0.2) is 44.2 Å². The third-order valence-corrected chi connectivity index (χ3v) is 4.24. The molecule has 0 aliphatic carbocycles. The molecule has 2 aromatic rings. The third kappa shape index (κ3) is 4.98. The molecule has 0 unspecified atom stereocenters. The number of carbonyl (C=O) groups excluding carboxylic acids is 2. The summed E-state index contributed by atoms with van der Waals surface area (Å²) in [4.78, 5) is 23.4. The molecule has 0 aliphatic rings. The number of rotatable bonds is 6. The van der Waals surface area contributed by atoms with Crippen LogP contribution in [0, 0.1) is 0 Å². The summed E-state index contributed by atoms with van der Waals surface area (Å²) in [5.74, 6) is -1.03. The van der Waals surface area contributed by atoms with Gasteiger partial charge in [0.1, 0.15) is 18.7 Å². The van der Waals surface area contributed by atoms with Gasteiger partial charge in [0.05, 0.1) is 12.8 Å². The first kappa shape index (κ1) is 19.8. The van der Waals surface area contributed by atoms with Gasteiger partial charge in [-0.25, -0.2) is 8.42 Å². The average Bonchev–Trinajstić information content (AvgIpc) is 2.92. The Labute approximate surface area is 153 Å². The summed E-state index contributed by atoms with van der Waals surface area (Å²) in [7, 11) is -1.72. The normalized spacial score (nSPS) is 11.6. The molecule has 0 N–H and O–H groups in total. The summed E-state index contributed by atoms with van der Waals surface area (Å²) in [6.07, 6.45) is 1.71. The van der Waals surface area contributed by atoms with Crippen molar-refractivity contribution in [2.24, 2.45) is 0 Å². The lowest BCUT2D eigenvalue weighted by molar-refractivity contribution is -0.152. The molecule has 142 valence electrons. The summed E-state index contributed by atoms with van der Waals surface area (Å²) in [5.41, 5.74) is 0.388. The van der Waals surface area contributed by atoms with Crippen LogP contribution in [0.1, 0.15) is 20.8 Å². The van der Waals surface area contributed by atoms with Crippen LogP contribution in [0.25, 0.3) is 10.9 Å². The van der Waals surface area contributed by atoms with Crippen LogP contribution in [-0.2, 0) is 36.5 Å². The molecule has 1 aromatic carbocycles. The maximum atomic E-state index is 12.0. The summed E-state index contributed by atoms with van der Waals surface area (Å²) in [6.45, 7) is 4.77. The Morgan fingerprint density at radius 2 is 1.85 bits per heavy atom. The SMILES string of the molecule is COC(=O)Cn1ccc2cc(N(CC(=O)OC(C)(C)C)[SH](=O)=O)ccc21. The molecule has 26 heavy (non-hydrogen) atoms. The number of thiol groups is 1. The van der Waals surface area contributed by atoms with Gasteiger partial charge in [-0.15, -0.1) is 0 Å². The molecular formula is C17H22N2O6S. The molecule has 0 aliphatic heterocycles. The van der Waals surface area contributed by atoms with E-state index in [1.165, 1.54) is 7.11 Å². The second-order valence-corrected chi connectivity index (χ2v) is 7.60. The van der Waals surface area contributed by atoms with Gasteiger partial charge in [-0.05, 0) is 45.0 Å². The van der Waals surface area contributed by atoms with Gasteiger partial charge in [-0.1, -0.05) is 0 Å². The van der Waals surface area contributed by atoms with E-state index in [4.69, 9.17) is 4.74 Å². The number of hydrogen-bond acceptors (Lipinski definition) is 6. The van der Waals surface area contributed by atoms with E-state index in [0.717, 1.165) is 15.2 Å². The number of fused-ring (bicyclic) bond motifs is 1. The van der Waals surface area contributed by atoms with Crippen LogP contribution < -0.4 is 4.31 Å². The number of anilines is 1. The molecule has 9 heteroatoms. The zero-order valence-corrected chi connectivity index (χ0v) is 16.0. The Morgan fingerprint density at radius 1 is 1.15 bits per heavy atom. The molecule has 0 radical (unpaired) electrons. The smallest absolute Gasteiger partial charge is 0.327 e. The number of esters is 2. The number of ether oxygens (including phenoxy) is 2. The van der Waals surface area contributed by atoms with Crippen molar-refractivity contribution < 1.29 is 27.5 Å². The maximum Gasteiger partial charge on any atom is 0.327 e. The minimum Gasteiger partial charge on any atom is -0.468 e. The van der Waals surface area contributed by atoms with E-state index >= 15 is 0 Å². The van der Waals surface area contributed by atoms with Crippen molar-refractivity contribution >= 4 is 39.4 Å². The Bertz CT molecular complexity index is 886. The van der Waals surface area contributed by atoms with Crippen LogP contribution in [0.5, 0.6) is 0 Å². The fraction of sp³-hybridized carbons (Fsp3) is 0.412. The highest BCUT2D eigenvalue weighted by molar-refractivity contribution is 7.74. The molecule has 0 saturated heterocycles. The van der Waals surface area contributed by atoms with Crippen LogP contribution in [0.3, 0.4) is 0 Å².